The van der Waals surface area contributed by atoms with Gasteiger partial charge in [0.15, 0.2) is 0 Å². The Labute approximate surface area is 111 Å². The minimum absolute atomic E-state index is 0.0836. The highest BCUT2D eigenvalue weighted by molar-refractivity contribution is 5.14. The van der Waals surface area contributed by atoms with Crippen molar-refractivity contribution in [3.63, 3.8) is 0 Å². The Balaban J connectivity index is 3.11. The van der Waals surface area contributed by atoms with Gasteiger partial charge in [-0.25, -0.2) is 0 Å². The van der Waals surface area contributed by atoms with Gasteiger partial charge in [0, 0.05) is 18.3 Å². The number of rotatable bonds is 7. The molecule has 0 aromatic carbocycles. The molecule has 0 aliphatic rings. The van der Waals surface area contributed by atoms with Crippen LogP contribution in [0.4, 0.5) is 0 Å². The van der Waals surface area contributed by atoms with Crippen molar-refractivity contribution in [3.8, 4) is 0 Å². The second kappa shape index (κ2) is 6.34. The van der Waals surface area contributed by atoms with Crippen LogP contribution in [0.25, 0.3) is 0 Å². The monoisotopic (exact) mass is 252 g/mol. The van der Waals surface area contributed by atoms with Crippen LogP contribution < -0.4 is 5.32 Å². The Hall–Kier alpha value is -0.870. The fraction of sp³-hybridized carbons (Fsp3) is 0.786. The zero-order valence-electron chi connectivity index (χ0n) is 12.7. The lowest BCUT2D eigenvalue weighted by atomic mass is 9.86. The Bertz CT molecular complexity index is 358. The summed E-state index contributed by atoms with van der Waals surface area (Å²) in [5.74, 6) is 0. The molecule has 4 heteroatoms. The molecule has 2 unspecified atom stereocenters. The molecule has 0 spiro atoms. The van der Waals surface area contributed by atoms with Crippen molar-refractivity contribution in [2.75, 3.05) is 21.1 Å². The van der Waals surface area contributed by atoms with Crippen LogP contribution in [0.3, 0.4) is 0 Å². The molecule has 0 fully saturated rings. The van der Waals surface area contributed by atoms with Gasteiger partial charge in [-0.2, -0.15) is 5.10 Å². The smallest absolute Gasteiger partial charge is 0.0673 e. The first-order chi connectivity index (χ1) is 8.51. The normalized spacial score (nSPS) is 16.8. The first-order valence-corrected chi connectivity index (χ1v) is 6.87. The van der Waals surface area contributed by atoms with Gasteiger partial charge < -0.3 is 10.2 Å². The van der Waals surface area contributed by atoms with E-state index in [-0.39, 0.29) is 11.6 Å². The molecule has 1 heterocycles. The number of aryl methyl sites for hydroxylation is 1. The van der Waals surface area contributed by atoms with Crippen LogP contribution >= 0.6 is 0 Å². The molecule has 4 nitrogen and oxygen atoms in total. The summed E-state index contributed by atoms with van der Waals surface area (Å²) in [5.41, 5.74) is 1.36. The van der Waals surface area contributed by atoms with E-state index in [4.69, 9.17) is 0 Å². The van der Waals surface area contributed by atoms with Crippen LogP contribution in [-0.4, -0.2) is 41.4 Å². The van der Waals surface area contributed by atoms with Crippen molar-refractivity contribution >= 4 is 0 Å². The van der Waals surface area contributed by atoms with Gasteiger partial charge in [-0.05, 0) is 47.0 Å². The van der Waals surface area contributed by atoms with Crippen LogP contribution in [0.5, 0.6) is 0 Å². The predicted molar refractivity (Wildman–Crippen MR) is 76.7 cm³/mol. The highest BCUT2D eigenvalue weighted by Gasteiger charge is 2.36. The Kier molecular flexibility index (Phi) is 5.35. The molecule has 2 atom stereocenters. The first kappa shape index (κ1) is 15.2. The topological polar surface area (TPSA) is 33.1 Å². The van der Waals surface area contributed by atoms with Gasteiger partial charge >= 0.3 is 0 Å². The number of aromatic nitrogens is 2. The van der Waals surface area contributed by atoms with E-state index in [1.54, 1.807) is 0 Å². The standard InChI is InChI=1S/C14H28N4/c1-7-11-18-12(9-10-16-18)13(15-4)14(3,8-2)17(5)6/h9-10,13,15H,7-8,11H2,1-6H3. The van der Waals surface area contributed by atoms with E-state index < -0.39 is 0 Å². The molecule has 0 radical (unpaired) electrons. The van der Waals surface area contributed by atoms with Gasteiger partial charge in [0.1, 0.15) is 0 Å². The molecular weight excluding hydrogens is 224 g/mol. The summed E-state index contributed by atoms with van der Waals surface area (Å²) in [4.78, 5) is 2.30. The maximum atomic E-state index is 4.44. The second-order valence-corrected chi connectivity index (χ2v) is 5.31. The van der Waals surface area contributed by atoms with Gasteiger partial charge in [-0.15, -0.1) is 0 Å². The third-order valence-electron chi connectivity index (χ3n) is 4.13. The molecule has 0 aliphatic heterocycles. The van der Waals surface area contributed by atoms with E-state index in [0.29, 0.717) is 0 Å². The van der Waals surface area contributed by atoms with Crippen molar-refractivity contribution in [2.24, 2.45) is 0 Å². The van der Waals surface area contributed by atoms with E-state index in [9.17, 15) is 0 Å². The summed E-state index contributed by atoms with van der Waals surface area (Å²) in [6, 6.07) is 2.42. The van der Waals surface area contributed by atoms with Crippen molar-refractivity contribution < 1.29 is 0 Å². The highest BCUT2D eigenvalue weighted by Crippen LogP contribution is 2.32. The number of nitrogens with one attached hydrogen (secondary N) is 1. The lowest BCUT2D eigenvalue weighted by Crippen LogP contribution is -2.51. The summed E-state index contributed by atoms with van der Waals surface area (Å²) in [6.07, 6.45) is 4.10. The quantitative estimate of drug-likeness (QED) is 0.808. The number of likely N-dealkylation sites (N-methyl/N-ethyl adjacent to an activating group) is 2. The van der Waals surface area contributed by atoms with Crippen molar-refractivity contribution in [1.29, 1.82) is 0 Å². The molecule has 0 aliphatic carbocycles. The summed E-state index contributed by atoms with van der Waals surface area (Å²) in [5, 5.41) is 7.91. The van der Waals surface area contributed by atoms with Crippen molar-refractivity contribution in [3.05, 3.63) is 18.0 Å². The lowest BCUT2D eigenvalue weighted by Gasteiger charge is -2.42. The van der Waals surface area contributed by atoms with E-state index in [1.165, 1.54) is 5.69 Å². The predicted octanol–water partition coefficient (Wildman–Crippen LogP) is 2.28. The fourth-order valence-corrected chi connectivity index (χ4v) is 2.54. The molecule has 1 rings (SSSR count). The SMILES string of the molecule is CCCn1nccc1C(NC)C(C)(CC)N(C)C. The average molecular weight is 252 g/mol. The Morgan fingerprint density at radius 3 is 2.56 bits per heavy atom. The largest absolute Gasteiger partial charge is 0.310 e. The number of hydrogen-bond acceptors (Lipinski definition) is 3. The first-order valence-electron chi connectivity index (χ1n) is 6.87. The van der Waals surface area contributed by atoms with Crippen molar-refractivity contribution in [2.45, 2.75) is 51.7 Å². The minimum atomic E-state index is 0.0836. The maximum absolute atomic E-state index is 4.44. The molecule has 0 amide bonds. The van der Waals surface area contributed by atoms with E-state index in [0.717, 1.165) is 19.4 Å². The molecule has 104 valence electrons. The second-order valence-electron chi connectivity index (χ2n) is 5.31. The Morgan fingerprint density at radius 1 is 1.44 bits per heavy atom. The third-order valence-corrected chi connectivity index (χ3v) is 4.13. The summed E-state index contributed by atoms with van der Waals surface area (Å²) in [6.45, 7) is 7.71. The molecule has 1 aromatic rings. The molecule has 1 N–H and O–H groups in total. The number of nitrogens with zero attached hydrogens (tertiary/aromatic N) is 3. The molecule has 0 saturated heterocycles. The van der Waals surface area contributed by atoms with Crippen molar-refractivity contribution in [1.82, 2.24) is 20.0 Å². The fourth-order valence-electron chi connectivity index (χ4n) is 2.54. The van der Waals surface area contributed by atoms with E-state index >= 15 is 0 Å². The van der Waals surface area contributed by atoms with E-state index in [1.807, 2.05) is 13.2 Å². The van der Waals surface area contributed by atoms with E-state index in [2.05, 4.69) is 60.9 Å². The van der Waals surface area contributed by atoms with Crippen LogP contribution in [0, 0.1) is 0 Å². The van der Waals surface area contributed by atoms with Gasteiger partial charge in [0.05, 0.1) is 11.7 Å². The molecule has 1 aromatic heterocycles. The molecule has 0 bridgehead atoms. The zero-order valence-corrected chi connectivity index (χ0v) is 12.7. The molecule has 0 saturated carbocycles. The summed E-state index contributed by atoms with van der Waals surface area (Å²) < 4.78 is 2.12. The lowest BCUT2D eigenvalue weighted by molar-refractivity contribution is 0.112. The third kappa shape index (κ3) is 2.75. The zero-order chi connectivity index (χ0) is 13.8. The average Bonchev–Trinajstić information content (AvgIpc) is 2.78. The summed E-state index contributed by atoms with van der Waals surface area (Å²) >= 11 is 0. The van der Waals surface area contributed by atoms with Crippen LogP contribution in [0.15, 0.2) is 12.3 Å². The molecular formula is C14H28N4. The van der Waals surface area contributed by atoms with Crippen LogP contribution in [0.2, 0.25) is 0 Å². The van der Waals surface area contributed by atoms with Gasteiger partial charge in [-0.1, -0.05) is 13.8 Å². The highest BCUT2D eigenvalue weighted by atomic mass is 15.3. The van der Waals surface area contributed by atoms with Crippen LogP contribution in [-0.2, 0) is 6.54 Å². The maximum Gasteiger partial charge on any atom is 0.0673 e. The van der Waals surface area contributed by atoms with Gasteiger partial charge in [-0.3, -0.25) is 4.68 Å². The van der Waals surface area contributed by atoms with Crippen LogP contribution in [0.1, 0.15) is 45.3 Å². The molecule has 18 heavy (non-hydrogen) atoms. The Morgan fingerprint density at radius 2 is 2.11 bits per heavy atom. The van der Waals surface area contributed by atoms with Gasteiger partial charge in [0.25, 0.3) is 0 Å². The minimum Gasteiger partial charge on any atom is -0.310 e. The van der Waals surface area contributed by atoms with Gasteiger partial charge in [0.2, 0.25) is 0 Å². The number of hydrogen-bond donors (Lipinski definition) is 1. The summed E-state index contributed by atoms with van der Waals surface area (Å²) in [7, 11) is 6.33.